The predicted molar refractivity (Wildman–Crippen MR) is 85.3 cm³/mol. The molecular formula is C18H29NO3. The lowest BCUT2D eigenvalue weighted by Crippen LogP contribution is -2.45. The molecule has 1 aliphatic heterocycles. The Labute approximate surface area is 133 Å². The minimum Gasteiger partial charge on any atom is -0.462 e. The molecule has 2 aliphatic carbocycles. The first-order chi connectivity index (χ1) is 10.5. The normalized spacial score (nSPS) is 41.0. The van der Waals surface area contributed by atoms with E-state index < -0.39 is 0 Å². The van der Waals surface area contributed by atoms with Crippen molar-refractivity contribution in [1.29, 1.82) is 0 Å². The molecule has 0 bridgehead atoms. The van der Waals surface area contributed by atoms with Crippen molar-refractivity contribution in [2.75, 3.05) is 19.7 Å². The summed E-state index contributed by atoms with van der Waals surface area (Å²) in [6.45, 7) is 8.30. The monoisotopic (exact) mass is 307 g/mol. The molecule has 0 aromatic heterocycles. The molecule has 0 unspecified atom stereocenters. The molecule has 4 heteroatoms. The van der Waals surface area contributed by atoms with Gasteiger partial charge in [-0.1, -0.05) is 19.1 Å². The molecule has 5 atom stereocenters. The van der Waals surface area contributed by atoms with Gasteiger partial charge in [-0.2, -0.15) is 0 Å². The van der Waals surface area contributed by atoms with Crippen LogP contribution in [0.4, 0.5) is 0 Å². The van der Waals surface area contributed by atoms with Crippen molar-refractivity contribution >= 4 is 5.97 Å². The Bertz CT molecular complexity index is 450. The predicted octanol–water partition coefficient (Wildman–Crippen LogP) is 2.27. The molecule has 0 amide bonds. The third-order valence-electron chi connectivity index (χ3n) is 6.20. The molecule has 3 aliphatic rings. The minimum atomic E-state index is -0.0284. The molecule has 1 heterocycles. The van der Waals surface area contributed by atoms with Crippen LogP contribution in [0.15, 0.2) is 12.2 Å². The number of hydrogen-bond donors (Lipinski definition) is 2. The summed E-state index contributed by atoms with van der Waals surface area (Å²) in [6, 6.07) is 0. The number of hydrogen-bond acceptors (Lipinski definition) is 4. The van der Waals surface area contributed by atoms with Gasteiger partial charge in [-0.15, -0.1) is 0 Å². The number of carbonyl (C=O) groups excluding carboxylic acids is 1. The zero-order valence-electron chi connectivity index (χ0n) is 13.6. The fraction of sp³-hybridized carbons (Fsp3) is 0.833. The maximum atomic E-state index is 12.3. The summed E-state index contributed by atoms with van der Waals surface area (Å²) < 4.78 is 5.73. The topological polar surface area (TPSA) is 58.6 Å². The van der Waals surface area contributed by atoms with Gasteiger partial charge in [0.05, 0.1) is 5.92 Å². The highest BCUT2D eigenvalue weighted by Gasteiger charge is 2.54. The number of allylic oxidation sites excluding steroid dienone is 1. The first-order valence-corrected chi connectivity index (χ1v) is 8.75. The molecule has 22 heavy (non-hydrogen) atoms. The van der Waals surface area contributed by atoms with Gasteiger partial charge in [-0.25, -0.2) is 0 Å². The van der Waals surface area contributed by atoms with Crippen LogP contribution in [0, 0.1) is 23.2 Å². The van der Waals surface area contributed by atoms with Crippen molar-refractivity contribution in [1.82, 2.24) is 5.32 Å². The van der Waals surface area contributed by atoms with Crippen LogP contribution < -0.4 is 5.32 Å². The number of ether oxygens (including phenoxy) is 1. The zero-order valence-corrected chi connectivity index (χ0v) is 13.6. The fourth-order valence-electron chi connectivity index (χ4n) is 4.95. The largest absolute Gasteiger partial charge is 0.462 e. The average molecular weight is 307 g/mol. The minimum absolute atomic E-state index is 0.0250. The van der Waals surface area contributed by atoms with Gasteiger partial charge in [-0.05, 0) is 56.4 Å². The van der Waals surface area contributed by atoms with Crippen LogP contribution in [0.5, 0.6) is 0 Å². The van der Waals surface area contributed by atoms with Gasteiger partial charge in [0.25, 0.3) is 0 Å². The van der Waals surface area contributed by atoms with E-state index in [0.29, 0.717) is 18.4 Å². The van der Waals surface area contributed by atoms with Gasteiger partial charge in [0, 0.05) is 19.1 Å². The SMILES string of the molecule is C=C1CCC[C@]2(C)C[C@H]3OC(=O)[C@@H](CNCCCO)[C@H]3C[C@@H]12. The zero-order chi connectivity index (χ0) is 15.7. The van der Waals surface area contributed by atoms with Crippen LogP contribution in [-0.4, -0.2) is 36.9 Å². The Kier molecular flexibility index (Phi) is 4.60. The molecule has 1 saturated heterocycles. The van der Waals surface area contributed by atoms with E-state index in [1.54, 1.807) is 0 Å². The maximum absolute atomic E-state index is 12.3. The molecule has 2 N–H and O–H groups in total. The van der Waals surface area contributed by atoms with Gasteiger partial charge < -0.3 is 15.2 Å². The van der Waals surface area contributed by atoms with E-state index in [0.717, 1.165) is 32.2 Å². The van der Waals surface area contributed by atoms with E-state index in [1.807, 2.05) is 0 Å². The van der Waals surface area contributed by atoms with Crippen molar-refractivity contribution in [2.24, 2.45) is 23.2 Å². The summed E-state index contributed by atoms with van der Waals surface area (Å²) in [6.07, 6.45) is 6.49. The summed E-state index contributed by atoms with van der Waals surface area (Å²) in [5.74, 6) is 0.835. The summed E-state index contributed by atoms with van der Waals surface area (Å²) >= 11 is 0. The van der Waals surface area contributed by atoms with Gasteiger partial charge in [0.15, 0.2) is 0 Å². The second kappa shape index (κ2) is 6.32. The number of nitrogens with one attached hydrogen (secondary N) is 1. The molecule has 0 aromatic rings. The number of aliphatic hydroxyl groups is 1. The first-order valence-electron chi connectivity index (χ1n) is 8.75. The van der Waals surface area contributed by atoms with Crippen molar-refractivity contribution in [2.45, 2.75) is 51.6 Å². The molecule has 3 rings (SSSR count). The van der Waals surface area contributed by atoms with E-state index in [-0.39, 0.29) is 30.0 Å². The third kappa shape index (κ3) is 2.83. The van der Waals surface area contributed by atoms with E-state index in [2.05, 4.69) is 18.8 Å². The first kappa shape index (κ1) is 16.0. The van der Waals surface area contributed by atoms with Crippen LogP contribution in [0.3, 0.4) is 0 Å². The van der Waals surface area contributed by atoms with Crippen LogP contribution in [-0.2, 0) is 9.53 Å². The standard InChI is InChI=1S/C18H29NO3/c1-12-5-3-6-18(2)10-16-13(9-15(12)18)14(17(21)22-16)11-19-7-4-8-20/h13-16,19-20H,1,3-11H2,2H3/t13-,14+,15+,16-,18-/m1/s1. The second-order valence-electron chi connectivity index (χ2n) is 7.69. The highest BCUT2D eigenvalue weighted by atomic mass is 16.6. The average Bonchev–Trinajstić information content (AvgIpc) is 2.76. The fourth-order valence-corrected chi connectivity index (χ4v) is 4.95. The van der Waals surface area contributed by atoms with Crippen molar-refractivity contribution in [3.05, 3.63) is 12.2 Å². The quantitative estimate of drug-likeness (QED) is 0.465. The molecule has 0 aromatic carbocycles. The maximum Gasteiger partial charge on any atom is 0.310 e. The van der Waals surface area contributed by atoms with Crippen LogP contribution in [0.1, 0.15) is 45.4 Å². The van der Waals surface area contributed by atoms with E-state index in [4.69, 9.17) is 9.84 Å². The molecule has 0 radical (unpaired) electrons. The molecule has 4 nitrogen and oxygen atoms in total. The van der Waals surface area contributed by atoms with Crippen molar-refractivity contribution in [3.63, 3.8) is 0 Å². The number of esters is 1. The van der Waals surface area contributed by atoms with Crippen LogP contribution >= 0.6 is 0 Å². The van der Waals surface area contributed by atoms with Crippen LogP contribution in [0.2, 0.25) is 0 Å². The molecular weight excluding hydrogens is 278 g/mol. The van der Waals surface area contributed by atoms with Crippen LogP contribution in [0.25, 0.3) is 0 Å². The summed E-state index contributed by atoms with van der Waals surface area (Å²) in [5.41, 5.74) is 1.66. The Morgan fingerprint density at radius 3 is 3.09 bits per heavy atom. The molecule has 0 spiro atoms. The lowest BCUT2D eigenvalue weighted by molar-refractivity contribution is -0.146. The number of carbonyl (C=O) groups is 1. The Morgan fingerprint density at radius 2 is 2.32 bits per heavy atom. The lowest BCUT2D eigenvalue weighted by atomic mass is 9.55. The lowest BCUT2D eigenvalue weighted by Gasteiger charge is -2.50. The number of fused-ring (bicyclic) bond motifs is 2. The number of rotatable bonds is 5. The van der Waals surface area contributed by atoms with Gasteiger partial charge in [0.2, 0.25) is 0 Å². The van der Waals surface area contributed by atoms with E-state index in [1.165, 1.54) is 18.4 Å². The smallest absolute Gasteiger partial charge is 0.310 e. The second-order valence-corrected chi connectivity index (χ2v) is 7.69. The van der Waals surface area contributed by atoms with E-state index in [9.17, 15) is 4.79 Å². The Balaban J connectivity index is 1.67. The Morgan fingerprint density at radius 1 is 1.50 bits per heavy atom. The highest BCUT2D eigenvalue weighted by Crippen LogP contribution is 2.56. The van der Waals surface area contributed by atoms with Crippen molar-refractivity contribution in [3.8, 4) is 0 Å². The van der Waals surface area contributed by atoms with Gasteiger partial charge >= 0.3 is 5.97 Å². The van der Waals surface area contributed by atoms with Gasteiger partial charge in [-0.3, -0.25) is 4.79 Å². The summed E-state index contributed by atoms with van der Waals surface area (Å²) in [4.78, 5) is 12.3. The highest BCUT2D eigenvalue weighted by molar-refractivity contribution is 5.75. The summed E-state index contributed by atoms with van der Waals surface area (Å²) in [5, 5.41) is 12.1. The molecule has 3 fully saturated rings. The molecule has 2 saturated carbocycles. The third-order valence-corrected chi connectivity index (χ3v) is 6.20. The molecule has 124 valence electrons. The summed E-state index contributed by atoms with van der Waals surface area (Å²) in [7, 11) is 0. The van der Waals surface area contributed by atoms with E-state index >= 15 is 0 Å². The van der Waals surface area contributed by atoms with Crippen molar-refractivity contribution < 1.29 is 14.6 Å². The van der Waals surface area contributed by atoms with Gasteiger partial charge in [0.1, 0.15) is 6.10 Å². The Hall–Kier alpha value is -0.870. The number of aliphatic hydroxyl groups excluding tert-OH is 1.